The van der Waals surface area contributed by atoms with Crippen LogP contribution in [0, 0.1) is 11.8 Å². The summed E-state index contributed by atoms with van der Waals surface area (Å²) >= 11 is 0. The van der Waals surface area contributed by atoms with Gasteiger partial charge in [0.25, 0.3) is 0 Å². The standard InChI is InChI=1S/C17H21N5O5.C2H6/c1-26-8-12-11(24)5-14(27-12)22-6-10(3-2-4-19-13(25)7-23)15-16(18)20-9-21-17(15)22;1-2/h6,9,11-12,14,23-24H,4-5,7-8H2,1H3,(H,19,25)(H2,18,20,21);1-2H3. The zero-order valence-electron chi connectivity index (χ0n) is 16.8. The van der Waals surface area contributed by atoms with E-state index in [0.717, 1.165) is 0 Å². The number of aliphatic hydroxyl groups excluding tert-OH is 2. The van der Waals surface area contributed by atoms with Crippen molar-refractivity contribution in [1.29, 1.82) is 0 Å². The number of carbonyl (C=O) groups is 1. The molecule has 1 saturated heterocycles. The SMILES string of the molecule is CC.COCC1OC(n2cc(C#CCNC(=O)CO)c3c(N)ncnc32)CC1O. The molecule has 5 N–H and O–H groups in total. The van der Waals surface area contributed by atoms with Crippen molar-refractivity contribution in [3.8, 4) is 11.8 Å². The predicted molar refractivity (Wildman–Crippen MR) is 107 cm³/mol. The van der Waals surface area contributed by atoms with Crippen molar-refractivity contribution < 1.29 is 24.5 Å². The van der Waals surface area contributed by atoms with E-state index in [1.165, 1.54) is 6.33 Å². The number of hydrogen-bond acceptors (Lipinski definition) is 8. The number of anilines is 1. The van der Waals surface area contributed by atoms with Crippen LogP contribution >= 0.6 is 0 Å². The lowest BCUT2D eigenvalue weighted by atomic mass is 10.2. The van der Waals surface area contributed by atoms with Gasteiger partial charge in [0, 0.05) is 19.7 Å². The normalized spacial score (nSPS) is 20.5. The molecule has 1 aliphatic rings. The van der Waals surface area contributed by atoms with E-state index in [-0.39, 0.29) is 19.0 Å². The van der Waals surface area contributed by atoms with Crippen LogP contribution in [0.25, 0.3) is 11.0 Å². The van der Waals surface area contributed by atoms with Crippen LogP contribution in [-0.2, 0) is 14.3 Å². The molecule has 0 aliphatic carbocycles. The van der Waals surface area contributed by atoms with Gasteiger partial charge in [0.2, 0.25) is 5.91 Å². The molecule has 29 heavy (non-hydrogen) atoms. The highest BCUT2D eigenvalue weighted by molar-refractivity contribution is 5.92. The Morgan fingerprint density at radius 2 is 2.24 bits per heavy atom. The van der Waals surface area contributed by atoms with Crippen molar-refractivity contribution in [2.24, 2.45) is 0 Å². The molecule has 2 aromatic heterocycles. The van der Waals surface area contributed by atoms with Gasteiger partial charge in [-0.05, 0) is 0 Å². The average Bonchev–Trinajstić information content (AvgIpc) is 3.28. The summed E-state index contributed by atoms with van der Waals surface area (Å²) in [5.74, 6) is 5.50. The first-order valence-corrected chi connectivity index (χ1v) is 9.35. The number of methoxy groups -OCH3 is 1. The van der Waals surface area contributed by atoms with E-state index < -0.39 is 30.9 Å². The van der Waals surface area contributed by atoms with E-state index >= 15 is 0 Å². The van der Waals surface area contributed by atoms with E-state index in [0.29, 0.717) is 23.0 Å². The Kier molecular flexibility index (Phi) is 8.35. The fraction of sp³-hybridized carbons (Fsp3) is 0.526. The number of nitrogen functional groups attached to an aromatic ring is 1. The highest BCUT2D eigenvalue weighted by Gasteiger charge is 2.36. The Labute approximate surface area is 169 Å². The number of aromatic nitrogens is 3. The summed E-state index contributed by atoms with van der Waals surface area (Å²) in [7, 11) is 1.55. The molecule has 0 radical (unpaired) electrons. The summed E-state index contributed by atoms with van der Waals surface area (Å²) in [4.78, 5) is 19.3. The van der Waals surface area contributed by atoms with Crippen molar-refractivity contribution in [2.45, 2.75) is 38.7 Å². The first-order chi connectivity index (χ1) is 14.0. The molecule has 3 unspecified atom stereocenters. The fourth-order valence-electron chi connectivity index (χ4n) is 2.96. The second kappa shape index (κ2) is 10.7. The molecule has 1 fully saturated rings. The van der Waals surface area contributed by atoms with Gasteiger partial charge in [-0.25, -0.2) is 9.97 Å². The van der Waals surface area contributed by atoms with Gasteiger partial charge < -0.3 is 35.3 Å². The van der Waals surface area contributed by atoms with Gasteiger partial charge >= 0.3 is 0 Å². The molecule has 3 rings (SSSR count). The minimum Gasteiger partial charge on any atom is -0.390 e. The van der Waals surface area contributed by atoms with Crippen LogP contribution in [0.3, 0.4) is 0 Å². The Bertz CT molecular complexity index is 888. The van der Waals surface area contributed by atoms with E-state index in [2.05, 4.69) is 27.1 Å². The maximum atomic E-state index is 11.1. The Balaban J connectivity index is 0.00000145. The van der Waals surface area contributed by atoms with Crippen molar-refractivity contribution in [3.05, 3.63) is 18.1 Å². The lowest BCUT2D eigenvalue weighted by molar-refractivity contribution is -0.123. The maximum absolute atomic E-state index is 11.1. The van der Waals surface area contributed by atoms with Gasteiger partial charge in [-0.3, -0.25) is 4.79 Å². The van der Waals surface area contributed by atoms with Gasteiger partial charge in [0.05, 0.1) is 30.2 Å². The number of ether oxygens (including phenoxy) is 2. The van der Waals surface area contributed by atoms with Crippen molar-refractivity contribution in [1.82, 2.24) is 19.9 Å². The topological polar surface area (TPSA) is 145 Å². The smallest absolute Gasteiger partial charge is 0.246 e. The first-order valence-electron chi connectivity index (χ1n) is 9.35. The minimum atomic E-state index is -0.658. The van der Waals surface area contributed by atoms with E-state index in [9.17, 15) is 9.90 Å². The number of nitrogens with two attached hydrogens (primary N) is 1. The Morgan fingerprint density at radius 3 is 2.93 bits per heavy atom. The van der Waals surface area contributed by atoms with Crippen LogP contribution in [0.4, 0.5) is 5.82 Å². The average molecular weight is 405 g/mol. The third-order valence-corrected chi connectivity index (χ3v) is 4.22. The molecule has 3 heterocycles. The molecule has 0 aromatic carbocycles. The second-order valence-corrected chi connectivity index (χ2v) is 6.03. The third-order valence-electron chi connectivity index (χ3n) is 4.22. The van der Waals surface area contributed by atoms with Crippen LogP contribution in [-0.4, -0.2) is 69.7 Å². The summed E-state index contributed by atoms with van der Waals surface area (Å²) < 4.78 is 12.7. The number of aliphatic hydroxyl groups is 2. The number of carbonyl (C=O) groups excluding carboxylic acids is 1. The maximum Gasteiger partial charge on any atom is 0.246 e. The van der Waals surface area contributed by atoms with Gasteiger partial charge in [0.15, 0.2) is 0 Å². The van der Waals surface area contributed by atoms with Gasteiger partial charge in [-0.15, -0.1) is 0 Å². The van der Waals surface area contributed by atoms with Gasteiger partial charge in [-0.2, -0.15) is 0 Å². The number of nitrogens with zero attached hydrogens (tertiary/aromatic N) is 3. The largest absolute Gasteiger partial charge is 0.390 e. The van der Waals surface area contributed by atoms with Gasteiger partial charge in [0.1, 0.15) is 36.7 Å². The highest BCUT2D eigenvalue weighted by atomic mass is 16.6. The molecule has 10 heteroatoms. The molecular weight excluding hydrogens is 378 g/mol. The van der Waals surface area contributed by atoms with Crippen molar-refractivity contribution in [3.63, 3.8) is 0 Å². The molecule has 0 bridgehead atoms. The molecule has 2 aromatic rings. The van der Waals surface area contributed by atoms with Crippen molar-refractivity contribution >= 4 is 22.8 Å². The summed E-state index contributed by atoms with van der Waals surface area (Å²) in [5.41, 5.74) is 7.12. The van der Waals surface area contributed by atoms with E-state index in [1.807, 2.05) is 13.8 Å². The summed E-state index contributed by atoms with van der Waals surface area (Å²) in [5, 5.41) is 21.9. The second-order valence-electron chi connectivity index (χ2n) is 6.03. The minimum absolute atomic E-state index is 0.0776. The third kappa shape index (κ3) is 5.21. The molecular formula is C19H27N5O5. The number of fused-ring (bicyclic) bond motifs is 1. The predicted octanol–water partition coefficient (Wildman–Crippen LogP) is -0.205. The monoisotopic (exact) mass is 405 g/mol. The van der Waals surface area contributed by atoms with E-state index in [4.69, 9.17) is 20.3 Å². The first kappa shape index (κ1) is 22.6. The fourth-order valence-corrected chi connectivity index (χ4v) is 2.96. The van der Waals surface area contributed by atoms with E-state index in [1.54, 1.807) is 17.9 Å². The Hall–Kier alpha value is -2.71. The molecule has 3 atom stereocenters. The molecule has 158 valence electrons. The van der Waals surface area contributed by atoms with Crippen LogP contribution in [0.15, 0.2) is 12.5 Å². The van der Waals surface area contributed by atoms with Crippen LogP contribution in [0.1, 0.15) is 32.1 Å². The van der Waals surface area contributed by atoms with Crippen LogP contribution in [0.5, 0.6) is 0 Å². The van der Waals surface area contributed by atoms with Crippen LogP contribution < -0.4 is 11.1 Å². The Morgan fingerprint density at radius 1 is 1.48 bits per heavy atom. The number of rotatable bonds is 5. The highest BCUT2D eigenvalue weighted by Crippen LogP contribution is 2.34. The number of amides is 1. The lowest BCUT2D eigenvalue weighted by Crippen LogP contribution is -2.26. The summed E-state index contributed by atoms with van der Waals surface area (Å²) in [6, 6.07) is 0. The quantitative estimate of drug-likeness (QED) is 0.500. The number of hydrogen-bond donors (Lipinski definition) is 4. The number of nitrogens with one attached hydrogen (secondary N) is 1. The molecule has 10 nitrogen and oxygen atoms in total. The zero-order chi connectivity index (χ0) is 21.4. The van der Waals surface area contributed by atoms with Crippen LogP contribution in [0.2, 0.25) is 0 Å². The van der Waals surface area contributed by atoms with Gasteiger partial charge in [-0.1, -0.05) is 25.7 Å². The molecule has 0 spiro atoms. The lowest BCUT2D eigenvalue weighted by Gasteiger charge is -2.15. The summed E-state index contributed by atoms with van der Waals surface area (Å²) in [6.07, 6.45) is 1.94. The molecule has 0 saturated carbocycles. The molecule has 1 amide bonds. The zero-order valence-corrected chi connectivity index (χ0v) is 16.8. The van der Waals surface area contributed by atoms with Crippen molar-refractivity contribution in [2.75, 3.05) is 32.6 Å². The summed E-state index contributed by atoms with van der Waals surface area (Å²) in [6.45, 7) is 3.77. The molecule has 1 aliphatic heterocycles.